The van der Waals surface area contributed by atoms with Crippen molar-refractivity contribution in [1.82, 2.24) is 15.5 Å². The summed E-state index contributed by atoms with van der Waals surface area (Å²) in [4.78, 5) is 12.3. The van der Waals surface area contributed by atoms with Crippen molar-refractivity contribution in [1.29, 1.82) is 0 Å². The van der Waals surface area contributed by atoms with Crippen LogP contribution in [-0.4, -0.2) is 22.1 Å². The van der Waals surface area contributed by atoms with Crippen LogP contribution in [0.5, 0.6) is 0 Å². The maximum atomic E-state index is 12.3. The van der Waals surface area contributed by atoms with E-state index >= 15 is 0 Å². The van der Waals surface area contributed by atoms with Crippen molar-refractivity contribution in [2.24, 2.45) is 0 Å². The van der Waals surface area contributed by atoms with Crippen LogP contribution in [0.25, 0.3) is 0 Å². The minimum Gasteiger partial charge on any atom is -0.364 e. The number of anilines is 1. The summed E-state index contributed by atoms with van der Waals surface area (Å²) in [7, 11) is 0. The molecule has 2 aromatic rings. The first-order chi connectivity index (χ1) is 12.2. The summed E-state index contributed by atoms with van der Waals surface area (Å²) in [5.74, 6) is 0.475. The summed E-state index contributed by atoms with van der Waals surface area (Å²) in [5, 5.41) is 15.1. The molecule has 25 heavy (non-hydrogen) atoms. The minimum atomic E-state index is -0.142. The van der Waals surface area contributed by atoms with Crippen molar-refractivity contribution in [2.45, 2.75) is 51.1 Å². The Kier molecular flexibility index (Phi) is 6.23. The van der Waals surface area contributed by atoms with Gasteiger partial charge in [0.25, 0.3) is 5.91 Å². The summed E-state index contributed by atoms with van der Waals surface area (Å²) in [6.07, 6.45) is 6.99. The van der Waals surface area contributed by atoms with Crippen molar-refractivity contribution in [3.05, 3.63) is 52.7 Å². The van der Waals surface area contributed by atoms with Crippen LogP contribution in [0.3, 0.4) is 0 Å². The SMILES string of the molecule is O=C(NC1CCCCCC1)c1ccc(NCc2ccccc2Cl)nn1. The Hall–Kier alpha value is -2.14. The zero-order valence-electron chi connectivity index (χ0n) is 14.2. The smallest absolute Gasteiger partial charge is 0.272 e. The zero-order chi connectivity index (χ0) is 17.5. The van der Waals surface area contributed by atoms with E-state index in [2.05, 4.69) is 20.8 Å². The number of nitrogens with zero attached hydrogens (tertiary/aromatic N) is 2. The molecule has 0 atom stereocenters. The van der Waals surface area contributed by atoms with Gasteiger partial charge in [0.2, 0.25) is 0 Å². The summed E-state index contributed by atoms with van der Waals surface area (Å²) < 4.78 is 0. The number of benzene rings is 1. The van der Waals surface area contributed by atoms with Gasteiger partial charge < -0.3 is 10.6 Å². The lowest BCUT2D eigenvalue weighted by Gasteiger charge is -2.15. The standard InChI is InChI=1S/C19H23ClN4O/c20-16-10-6-5-7-14(16)13-21-18-12-11-17(23-24-18)19(25)22-15-8-3-1-2-4-9-15/h5-7,10-12,15H,1-4,8-9,13H2,(H,21,24)(H,22,25). The Morgan fingerprint density at radius 3 is 2.48 bits per heavy atom. The molecule has 0 unspecified atom stereocenters. The van der Waals surface area contributed by atoms with E-state index in [0.29, 0.717) is 23.1 Å². The number of hydrogen-bond donors (Lipinski definition) is 2. The molecule has 1 aliphatic rings. The molecule has 1 amide bonds. The molecular formula is C19H23ClN4O. The van der Waals surface area contributed by atoms with Gasteiger partial charge in [-0.2, -0.15) is 0 Å². The van der Waals surface area contributed by atoms with Crippen molar-refractivity contribution >= 4 is 23.3 Å². The second-order valence-electron chi connectivity index (χ2n) is 6.41. The molecule has 0 bridgehead atoms. The molecule has 1 aromatic heterocycles. The number of carbonyl (C=O) groups excluding carboxylic acids is 1. The van der Waals surface area contributed by atoms with Crippen molar-refractivity contribution < 1.29 is 4.79 Å². The highest BCUT2D eigenvalue weighted by molar-refractivity contribution is 6.31. The third-order valence-electron chi connectivity index (χ3n) is 4.51. The lowest BCUT2D eigenvalue weighted by Crippen LogP contribution is -2.35. The van der Waals surface area contributed by atoms with E-state index in [1.54, 1.807) is 12.1 Å². The third kappa shape index (κ3) is 5.16. The van der Waals surface area contributed by atoms with Crippen LogP contribution in [0.2, 0.25) is 5.02 Å². The maximum Gasteiger partial charge on any atom is 0.272 e. The molecule has 1 aliphatic carbocycles. The molecule has 0 saturated heterocycles. The van der Waals surface area contributed by atoms with Crippen molar-refractivity contribution in [2.75, 3.05) is 5.32 Å². The Bertz CT molecular complexity index is 697. The van der Waals surface area contributed by atoms with Gasteiger partial charge in [-0.25, -0.2) is 0 Å². The summed E-state index contributed by atoms with van der Waals surface area (Å²) in [6, 6.07) is 11.4. The van der Waals surface area contributed by atoms with Crippen LogP contribution in [-0.2, 0) is 6.54 Å². The highest BCUT2D eigenvalue weighted by Gasteiger charge is 2.16. The average molecular weight is 359 g/mol. The first-order valence-corrected chi connectivity index (χ1v) is 9.22. The second-order valence-corrected chi connectivity index (χ2v) is 6.82. The maximum absolute atomic E-state index is 12.3. The first-order valence-electron chi connectivity index (χ1n) is 8.84. The van der Waals surface area contributed by atoms with E-state index in [-0.39, 0.29) is 11.9 Å². The van der Waals surface area contributed by atoms with Crippen LogP contribution < -0.4 is 10.6 Å². The zero-order valence-corrected chi connectivity index (χ0v) is 14.9. The highest BCUT2D eigenvalue weighted by Crippen LogP contribution is 2.18. The molecule has 1 heterocycles. The van der Waals surface area contributed by atoms with E-state index in [1.165, 1.54) is 25.7 Å². The van der Waals surface area contributed by atoms with Gasteiger partial charge in [-0.1, -0.05) is 55.5 Å². The minimum absolute atomic E-state index is 0.142. The van der Waals surface area contributed by atoms with E-state index < -0.39 is 0 Å². The van der Waals surface area contributed by atoms with E-state index in [1.807, 2.05) is 24.3 Å². The summed E-state index contributed by atoms with van der Waals surface area (Å²) in [6.45, 7) is 0.558. The number of amides is 1. The molecule has 132 valence electrons. The summed E-state index contributed by atoms with van der Waals surface area (Å²) in [5.41, 5.74) is 1.34. The van der Waals surface area contributed by atoms with E-state index in [0.717, 1.165) is 18.4 Å². The number of rotatable bonds is 5. The molecule has 1 saturated carbocycles. The second kappa shape index (κ2) is 8.81. The molecule has 5 nitrogen and oxygen atoms in total. The molecular weight excluding hydrogens is 336 g/mol. The highest BCUT2D eigenvalue weighted by atomic mass is 35.5. The molecule has 2 N–H and O–H groups in total. The Morgan fingerprint density at radius 1 is 1.04 bits per heavy atom. The largest absolute Gasteiger partial charge is 0.364 e. The van der Waals surface area contributed by atoms with Gasteiger partial charge in [-0.05, 0) is 36.6 Å². The molecule has 0 spiro atoms. The van der Waals surface area contributed by atoms with Crippen LogP contribution >= 0.6 is 11.6 Å². The third-order valence-corrected chi connectivity index (χ3v) is 4.87. The number of nitrogens with one attached hydrogen (secondary N) is 2. The van der Waals surface area contributed by atoms with Crippen molar-refractivity contribution in [3.63, 3.8) is 0 Å². The van der Waals surface area contributed by atoms with Gasteiger partial charge in [0.05, 0.1) is 0 Å². The lowest BCUT2D eigenvalue weighted by molar-refractivity contribution is 0.0927. The lowest BCUT2D eigenvalue weighted by atomic mass is 10.1. The number of halogens is 1. The summed E-state index contributed by atoms with van der Waals surface area (Å²) >= 11 is 6.13. The molecule has 1 fully saturated rings. The fraction of sp³-hybridized carbons (Fsp3) is 0.421. The number of hydrogen-bond acceptors (Lipinski definition) is 4. The molecule has 0 aliphatic heterocycles. The van der Waals surface area contributed by atoms with Crippen LogP contribution in [0.4, 0.5) is 5.82 Å². The van der Waals surface area contributed by atoms with Crippen LogP contribution in [0, 0.1) is 0 Å². The molecule has 3 rings (SSSR count). The van der Waals surface area contributed by atoms with Gasteiger partial charge in [0, 0.05) is 17.6 Å². The quantitative estimate of drug-likeness (QED) is 0.786. The fourth-order valence-electron chi connectivity index (χ4n) is 3.06. The van der Waals surface area contributed by atoms with E-state index in [9.17, 15) is 4.79 Å². The van der Waals surface area contributed by atoms with Crippen molar-refractivity contribution in [3.8, 4) is 0 Å². The normalized spacial score (nSPS) is 15.4. The van der Waals surface area contributed by atoms with E-state index in [4.69, 9.17) is 11.6 Å². The predicted molar refractivity (Wildman–Crippen MR) is 99.8 cm³/mol. The number of aromatic nitrogens is 2. The Balaban J connectivity index is 1.54. The van der Waals surface area contributed by atoms with Gasteiger partial charge in [-0.3, -0.25) is 4.79 Å². The Morgan fingerprint density at radius 2 is 1.80 bits per heavy atom. The van der Waals surface area contributed by atoms with Gasteiger partial charge in [0.15, 0.2) is 5.69 Å². The predicted octanol–water partition coefficient (Wildman–Crippen LogP) is 4.19. The molecule has 6 heteroatoms. The van der Waals surface area contributed by atoms with Crippen LogP contribution in [0.1, 0.15) is 54.6 Å². The topological polar surface area (TPSA) is 66.9 Å². The Labute approximate surface area is 153 Å². The van der Waals surface area contributed by atoms with Gasteiger partial charge >= 0.3 is 0 Å². The number of carbonyl (C=O) groups is 1. The van der Waals surface area contributed by atoms with Crippen LogP contribution in [0.15, 0.2) is 36.4 Å². The first kappa shape index (κ1) is 17.7. The van der Waals surface area contributed by atoms with Gasteiger partial charge in [0.1, 0.15) is 5.82 Å². The average Bonchev–Trinajstić information content (AvgIpc) is 2.90. The molecule has 1 aromatic carbocycles. The molecule has 0 radical (unpaired) electrons. The monoisotopic (exact) mass is 358 g/mol. The van der Waals surface area contributed by atoms with Gasteiger partial charge in [-0.15, -0.1) is 10.2 Å². The fourth-order valence-corrected chi connectivity index (χ4v) is 3.26.